The van der Waals surface area contributed by atoms with Gasteiger partial charge in [-0.2, -0.15) is 5.10 Å². The van der Waals surface area contributed by atoms with Gasteiger partial charge in [-0.3, -0.25) is 14.3 Å². The number of hydrogen-bond acceptors (Lipinski definition) is 4. The van der Waals surface area contributed by atoms with Crippen molar-refractivity contribution in [1.29, 1.82) is 0 Å². The summed E-state index contributed by atoms with van der Waals surface area (Å²) in [4.78, 5) is 30.0. The molecule has 2 heterocycles. The Kier molecular flexibility index (Phi) is 8.65. The van der Waals surface area contributed by atoms with E-state index in [0.717, 1.165) is 17.7 Å². The van der Waals surface area contributed by atoms with Crippen LogP contribution in [0.4, 0.5) is 0 Å². The van der Waals surface area contributed by atoms with Crippen molar-refractivity contribution in [3.8, 4) is 5.75 Å². The highest BCUT2D eigenvalue weighted by atomic mass is 35.5. The lowest BCUT2D eigenvalue weighted by molar-refractivity contribution is -0.132. The van der Waals surface area contributed by atoms with Crippen molar-refractivity contribution in [2.24, 2.45) is 5.92 Å². The minimum absolute atomic E-state index is 0.0186. The topological polar surface area (TPSA) is 67.7 Å². The van der Waals surface area contributed by atoms with Crippen LogP contribution < -0.4 is 4.74 Å². The third-order valence-corrected chi connectivity index (χ3v) is 6.76. The molecule has 0 radical (unpaired) electrons. The molecule has 0 aliphatic carbocycles. The minimum Gasteiger partial charge on any atom is -0.490 e. The van der Waals surface area contributed by atoms with Gasteiger partial charge in [0.2, 0.25) is 5.91 Å². The highest BCUT2D eigenvalue weighted by molar-refractivity contribution is 6.33. The number of nitrogens with zero attached hydrogens (tertiary/aromatic N) is 4. The Labute approximate surface area is 217 Å². The highest BCUT2D eigenvalue weighted by Gasteiger charge is 2.36. The fourth-order valence-electron chi connectivity index (χ4n) is 4.58. The quantitative estimate of drug-likeness (QED) is 0.412. The SMILES string of the molecule is CCCn1cc(Cl)c(C(=O)N2CC[C@H](Oc3ccccc3)[C@@H](CC(=O)N(C)Cc3ccccc3)C2)n1. The van der Waals surface area contributed by atoms with E-state index in [4.69, 9.17) is 16.3 Å². The molecule has 2 atom stereocenters. The van der Waals surface area contributed by atoms with Crippen molar-refractivity contribution in [2.75, 3.05) is 20.1 Å². The number of halogens is 1. The van der Waals surface area contributed by atoms with Crippen LogP contribution in [0.15, 0.2) is 66.9 Å². The van der Waals surface area contributed by atoms with E-state index in [0.29, 0.717) is 37.6 Å². The average molecular weight is 509 g/mol. The van der Waals surface area contributed by atoms with Crippen molar-refractivity contribution < 1.29 is 14.3 Å². The molecular weight excluding hydrogens is 476 g/mol. The van der Waals surface area contributed by atoms with E-state index in [-0.39, 0.29) is 36.0 Å². The Morgan fingerprint density at radius 3 is 2.50 bits per heavy atom. The summed E-state index contributed by atoms with van der Waals surface area (Å²) in [7, 11) is 1.81. The molecule has 1 saturated heterocycles. The van der Waals surface area contributed by atoms with Crippen LogP contribution in [-0.4, -0.2) is 57.6 Å². The number of hydrogen-bond donors (Lipinski definition) is 0. The summed E-state index contributed by atoms with van der Waals surface area (Å²) in [6.07, 6.45) is 3.31. The summed E-state index contributed by atoms with van der Waals surface area (Å²) in [5.74, 6) is 0.414. The van der Waals surface area contributed by atoms with E-state index >= 15 is 0 Å². The summed E-state index contributed by atoms with van der Waals surface area (Å²) in [5, 5.41) is 4.76. The Morgan fingerprint density at radius 1 is 1.11 bits per heavy atom. The van der Waals surface area contributed by atoms with Crippen molar-refractivity contribution in [3.05, 3.63) is 83.1 Å². The third kappa shape index (κ3) is 6.46. The first kappa shape index (κ1) is 25.8. The molecular formula is C28H33ClN4O3. The minimum atomic E-state index is -0.205. The second-order valence-electron chi connectivity index (χ2n) is 9.30. The first-order chi connectivity index (χ1) is 17.4. The van der Waals surface area contributed by atoms with Crippen LogP contribution in [0.25, 0.3) is 0 Å². The molecule has 4 rings (SSSR count). The van der Waals surface area contributed by atoms with Crippen LogP contribution >= 0.6 is 11.6 Å². The van der Waals surface area contributed by atoms with E-state index in [9.17, 15) is 9.59 Å². The predicted molar refractivity (Wildman–Crippen MR) is 140 cm³/mol. The number of piperidine rings is 1. The molecule has 0 unspecified atom stereocenters. The lowest BCUT2D eigenvalue weighted by atomic mass is 9.90. The van der Waals surface area contributed by atoms with Gasteiger partial charge in [0.25, 0.3) is 5.91 Å². The average Bonchev–Trinajstić information content (AvgIpc) is 3.26. The van der Waals surface area contributed by atoms with Gasteiger partial charge < -0.3 is 14.5 Å². The van der Waals surface area contributed by atoms with Gasteiger partial charge in [-0.1, -0.05) is 67.1 Å². The lowest BCUT2D eigenvalue weighted by Gasteiger charge is -2.38. The summed E-state index contributed by atoms with van der Waals surface area (Å²) in [5.41, 5.74) is 1.34. The molecule has 0 saturated carbocycles. The molecule has 2 amide bonds. The molecule has 190 valence electrons. The van der Waals surface area contributed by atoms with Gasteiger partial charge in [-0.05, 0) is 24.1 Å². The third-order valence-electron chi connectivity index (χ3n) is 6.48. The predicted octanol–water partition coefficient (Wildman–Crippen LogP) is 4.90. The van der Waals surface area contributed by atoms with Crippen LogP contribution in [0.1, 0.15) is 42.2 Å². The number of carbonyl (C=O) groups excluding carboxylic acids is 2. The van der Waals surface area contributed by atoms with Gasteiger partial charge in [0, 0.05) is 58.2 Å². The molecule has 1 aliphatic rings. The fourth-order valence-corrected chi connectivity index (χ4v) is 4.81. The maximum Gasteiger partial charge on any atom is 0.275 e. The van der Waals surface area contributed by atoms with Gasteiger partial charge in [0.15, 0.2) is 5.69 Å². The first-order valence-electron chi connectivity index (χ1n) is 12.5. The van der Waals surface area contributed by atoms with E-state index < -0.39 is 0 Å². The number of likely N-dealkylation sites (tertiary alicyclic amines) is 1. The van der Waals surface area contributed by atoms with Crippen LogP contribution in [0.5, 0.6) is 5.75 Å². The molecule has 0 spiro atoms. The summed E-state index contributed by atoms with van der Waals surface area (Å²) in [6.45, 7) is 4.19. The molecule has 8 heteroatoms. The van der Waals surface area contributed by atoms with E-state index in [1.807, 2.05) is 74.6 Å². The van der Waals surface area contributed by atoms with Crippen molar-refractivity contribution in [1.82, 2.24) is 19.6 Å². The molecule has 0 N–H and O–H groups in total. The summed E-state index contributed by atoms with van der Waals surface area (Å²) in [6, 6.07) is 19.5. The van der Waals surface area contributed by atoms with Crippen molar-refractivity contribution in [2.45, 2.75) is 45.4 Å². The Morgan fingerprint density at radius 2 is 1.81 bits per heavy atom. The molecule has 36 heavy (non-hydrogen) atoms. The maximum atomic E-state index is 13.3. The summed E-state index contributed by atoms with van der Waals surface area (Å²) >= 11 is 6.35. The van der Waals surface area contributed by atoms with Gasteiger partial charge in [-0.25, -0.2) is 0 Å². The van der Waals surface area contributed by atoms with E-state index in [1.54, 1.807) is 20.7 Å². The second kappa shape index (κ2) is 12.1. The number of carbonyl (C=O) groups is 2. The Balaban J connectivity index is 1.48. The van der Waals surface area contributed by atoms with Crippen LogP contribution in [-0.2, 0) is 17.9 Å². The van der Waals surface area contributed by atoms with Gasteiger partial charge in [0.05, 0.1) is 5.02 Å². The standard InChI is InChI=1S/C28H33ClN4O3/c1-3-15-33-20-24(29)27(30-33)28(35)32-16-14-25(36-23-12-8-5-9-13-23)22(19-32)17-26(34)31(2)18-21-10-6-4-7-11-21/h4-13,20,22,25H,3,14-19H2,1-2H3/t22-,25-/m0/s1. The maximum absolute atomic E-state index is 13.3. The normalized spacial score (nSPS) is 17.6. The van der Waals surface area contributed by atoms with Gasteiger partial charge >= 0.3 is 0 Å². The van der Waals surface area contributed by atoms with E-state index in [1.165, 1.54) is 0 Å². The highest BCUT2D eigenvalue weighted by Crippen LogP contribution is 2.28. The van der Waals surface area contributed by atoms with Crippen LogP contribution in [0.3, 0.4) is 0 Å². The van der Waals surface area contributed by atoms with Crippen molar-refractivity contribution in [3.63, 3.8) is 0 Å². The molecule has 1 aliphatic heterocycles. The molecule has 3 aromatic rings. The van der Waals surface area contributed by atoms with E-state index in [2.05, 4.69) is 5.10 Å². The van der Waals surface area contributed by atoms with Gasteiger partial charge in [0.1, 0.15) is 11.9 Å². The molecule has 7 nitrogen and oxygen atoms in total. The zero-order valence-electron chi connectivity index (χ0n) is 20.8. The molecule has 0 bridgehead atoms. The summed E-state index contributed by atoms with van der Waals surface area (Å²) < 4.78 is 8.01. The van der Waals surface area contributed by atoms with Crippen molar-refractivity contribution >= 4 is 23.4 Å². The number of amides is 2. The largest absolute Gasteiger partial charge is 0.490 e. The Hall–Kier alpha value is -3.32. The number of rotatable bonds is 9. The zero-order valence-corrected chi connectivity index (χ0v) is 21.6. The number of benzene rings is 2. The number of para-hydroxylation sites is 1. The monoisotopic (exact) mass is 508 g/mol. The number of aryl methyl sites for hydroxylation is 1. The Bertz CT molecular complexity index is 1150. The van der Waals surface area contributed by atoms with Crippen LogP contribution in [0.2, 0.25) is 5.02 Å². The number of aromatic nitrogens is 2. The smallest absolute Gasteiger partial charge is 0.275 e. The molecule has 1 aromatic heterocycles. The molecule has 1 fully saturated rings. The number of ether oxygens (including phenoxy) is 1. The zero-order chi connectivity index (χ0) is 25.5. The van der Waals surface area contributed by atoms with Gasteiger partial charge in [-0.15, -0.1) is 0 Å². The van der Waals surface area contributed by atoms with Crippen LogP contribution in [0, 0.1) is 5.92 Å². The first-order valence-corrected chi connectivity index (χ1v) is 12.8. The molecule has 2 aromatic carbocycles. The lowest BCUT2D eigenvalue weighted by Crippen LogP contribution is -2.49. The second-order valence-corrected chi connectivity index (χ2v) is 9.70. The fraction of sp³-hybridized carbons (Fsp3) is 0.393.